The van der Waals surface area contributed by atoms with Crippen molar-refractivity contribution in [3.8, 4) is 0 Å². The average molecular weight is 367 g/mol. The van der Waals surface area contributed by atoms with Gasteiger partial charge in [0.15, 0.2) is 5.11 Å². The Bertz CT molecular complexity index is 819. The van der Waals surface area contributed by atoms with Crippen molar-refractivity contribution in [1.82, 2.24) is 5.32 Å². The molecule has 1 N–H and O–H groups in total. The van der Waals surface area contributed by atoms with Crippen LogP contribution in [0.25, 0.3) is 0 Å². The molecule has 1 amide bonds. The van der Waals surface area contributed by atoms with Gasteiger partial charge in [0, 0.05) is 18.8 Å². The number of anilines is 2. The Labute approximate surface area is 158 Å². The zero-order chi connectivity index (χ0) is 18.1. The molecule has 1 atom stereocenters. The van der Waals surface area contributed by atoms with Gasteiger partial charge in [0.2, 0.25) is 0 Å². The number of nitrogens with one attached hydrogen (secondary N) is 1. The van der Waals surface area contributed by atoms with Crippen molar-refractivity contribution in [2.45, 2.75) is 12.5 Å². The van der Waals surface area contributed by atoms with Gasteiger partial charge >= 0.3 is 0 Å². The van der Waals surface area contributed by atoms with E-state index in [-0.39, 0.29) is 5.91 Å². The molecule has 134 valence electrons. The summed E-state index contributed by atoms with van der Waals surface area (Å²) in [6, 6.07) is 17.7. The molecule has 26 heavy (non-hydrogen) atoms. The van der Waals surface area contributed by atoms with E-state index in [0.29, 0.717) is 5.11 Å². The third kappa shape index (κ3) is 2.85. The number of carbonyl (C=O) groups excluding carboxylic acids is 1. The number of hydrogen-bond donors (Lipinski definition) is 1. The average Bonchev–Trinajstić information content (AvgIpc) is 2.93. The van der Waals surface area contributed by atoms with Gasteiger partial charge in [-0.1, -0.05) is 30.3 Å². The van der Waals surface area contributed by atoms with E-state index in [9.17, 15) is 4.79 Å². The van der Waals surface area contributed by atoms with Gasteiger partial charge in [0.25, 0.3) is 5.91 Å². The Morgan fingerprint density at radius 2 is 1.62 bits per heavy atom. The van der Waals surface area contributed by atoms with E-state index in [0.717, 1.165) is 43.2 Å². The molecule has 2 aromatic rings. The van der Waals surface area contributed by atoms with Crippen LogP contribution in [0, 0.1) is 0 Å². The second-order valence-corrected chi connectivity index (χ2v) is 7.06. The molecule has 2 aliphatic rings. The second-order valence-electron chi connectivity index (χ2n) is 6.68. The molecular formula is C20H21N3O2S. The van der Waals surface area contributed by atoms with Crippen molar-refractivity contribution >= 4 is 34.6 Å². The van der Waals surface area contributed by atoms with E-state index in [2.05, 4.69) is 10.2 Å². The first-order valence-electron chi connectivity index (χ1n) is 8.74. The normalized spacial score (nSPS) is 23.3. The Balaban J connectivity index is 1.59. The molecule has 2 fully saturated rings. The Hall–Kier alpha value is -2.44. The Morgan fingerprint density at radius 3 is 2.27 bits per heavy atom. The quantitative estimate of drug-likeness (QED) is 0.845. The third-order valence-corrected chi connectivity index (χ3v) is 5.31. The molecular weight excluding hydrogens is 346 g/mol. The van der Waals surface area contributed by atoms with Gasteiger partial charge in [-0.15, -0.1) is 0 Å². The zero-order valence-electron chi connectivity index (χ0n) is 14.6. The van der Waals surface area contributed by atoms with Crippen LogP contribution in [0.15, 0.2) is 54.6 Å². The minimum Gasteiger partial charge on any atom is -0.378 e. The molecule has 2 heterocycles. The number of benzene rings is 2. The Kier molecular flexibility index (Phi) is 4.38. The summed E-state index contributed by atoms with van der Waals surface area (Å²) in [7, 11) is 0. The SMILES string of the molecule is CC1(c2ccccc2)NC(=S)N(c2ccc(N3CCOCC3)cc2)C1=O. The molecule has 0 aliphatic carbocycles. The molecule has 2 aromatic carbocycles. The van der Waals surface area contributed by atoms with Crippen LogP contribution in [0.1, 0.15) is 12.5 Å². The van der Waals surface area contributed by atoms with E-state index < -0.39 is 5.54 Å². The number of nitrogens with zero attached hydrogens (tertiary/aromatic N) is 2. The van der Waals surface area contributed by atoms with Crippen molar-refractivity contribution in [3.05, 3.63) is 60.2 Å². The van der Waals surface area contributed by atoms with E-state index >= 15 is 0 Å². The fraction of sp³-hybridized carbons (Fsp3) is 0.300. The van der Waals surface area contributed by atoms with Crippen LogP contribution < -0.4 is 15.1 Å². The zero-order valence-corrected chi connectivity index (χ0v) is 15.5. The minimum absolute atomic E-state index is 0.0622. The first kappa shape index (κ1) is 17.0. The fourth-order valence-electron chi connectivity index (χ4n) is 3.47. The molecule has 5 nitrogen and oxygen atoms in total. The van der Waals surface area contributed by atoms with Gasteiger partial charge in [-0.05, 0) is 49.0 Å². The summed E-state index contributed by atoms with van der Waals surface area (Å²) in [5.41, 5.74) is 1.97. The highest BCUT2D eigenvalue weighted by Gasteiger charge is 2.47. The van der Waals surface area contributed by atoms with Crippen LogP contribution in [-0.4, -0.2) is 37.3 Å². The molecule has 2 aliphatic heterocycles. The predicted octanol–water partition coefficient (Wildman–Crippen LogP) is 2.66. The van der Waals surface area contributed by atoms with Crippen LogP contribution in [0.3, 0.4) is 0 Å². The summed E-state index contributed by atoms with van der Waals surface area (Å²) in [5.74, 6) is -0.0622. The smallest absolute Gasteiger partial charge is 0.263 e. The van der Waals surface area contributed by atoms with E-state index in [1.807, 2.05) is 61.5 Å². The van der Waals surface area contributed by atoms with Crippen molar-refractivity contribution in [1.29, 1.82) is 0 Å². The van der Waals surface area contributed by atoms with Crippen LogP contribution in [-0.2, 0) is 15.1 Å². The topological polar surface area (TPSA) is 44.8 Å². The first-order valence-corrected chi connectivity index (χ1v) is 9.15. The number of rotatable bonds is 3. The largest absolute Gasteiger partial charge is 0.378 e. The fourth-order valence-corrected chi connectivity index (χ4v) is 3.87. The second kappa shape index (κ2) is 6.70. The lowest BCUT2D eigenvalue weighted by atomic mass is 9.92. The summed E-state index contributed by atoms with van der Waals surface area (Å²) in [6.07, 6.45) is 0. The summed E-state index contributed by atoms with van der Waals surface area (Å²) in [4.78, 5) is 17.0. The summed E-state index contributed by atoms with van der Waals surface area (Å²) < 4.78 is 5.40. The van der Waals surface area contributed by atoms with Gasteiger partial charge in [-0.2, -0.15) is 0 Å². The number of ether oxygens (including phenoxy) is 1. The van der Waals surface area contributed by atoms with Gasteiger partial charge in [-0.3, -0.25) is 9.69 Å². The van der Waals surface area contributed by atoms with Crippen LogP contribution >= 0.6 is 12.2 Å². The van der Waals surface area contributed by atoms with Gasteiger partial charge in [0.1, 0.15) is 5.54 Å². The van der Waals surface area contributed by atoms with E-state index in [1.54, 1.807) is 4.90 Å². The van der Waals surface area contributed by atoms with Gasteiger partial charge < -0.3 is 15.0 Å². The highest BCUT2D eigenvalue weighted by molar-refractivity contribution is 7.80. The third-order valence-electron chi connectivity index (χ3n) is 5.03. The maximum atomic E-state index is 13.2. The molecule has 0 radical (unpaired) electrons. The van der Waals surface area contributed by atoms with Crippen molar-refractivity contribution in [2.75, 3.05) is 36.1 Å². The molecule has 0 aromatic heterocycles. The van der Waals surface area contributed by atoms with Crippen molar-refractivity contribution in [3.63, 3.8) is 0 Å². The lowest BCUT2D eigenvalue weighted by Crippen LogP contribution is -2.40. The molecule has 1 unspecified atom stereocenters. The monoisotopic (exact) mass is 367 g/mol. The van der Waals surface area contributed by atoms with Crippen LogP contribution in [0.4, 0.5) is 11.4 Å². The standard InChI is InChI=1S/C20H21N3O2S/c1-20(15-5-3-2-4-6-15)18(24)23(19(26)21-20)17-9-7-16(8-10-17)22-11-13-25-14-12-22/h2-10H,11-14H2,1H3,(H,21,26). The van der Waals surface area contributed by atoms with E-state index in [4.69, 9.17) is 17.0 Å². The van der Waals surface area contributed by atoms with Gasteiger partial charge in [0.05, 0.1) is 18.9 Å². The van der Waals surface area contributed by atoms with E-state index in [1.165, 1.54) is 0 Å². The number of morpholine rings is 1. The molecule has 0 saturated carbocycles. The highest BCUT2D eigenvalue weighted by Crippen LogP contribution is 2.33. The summed E-state index contributed by atoms with van der Waals surface area (Å²) in [6.45, 7) is 5.13. The van der Waals surface area contributed by atoms with Crippen molar-refractivity contribution < 1.29 is 9.53 Å². The maximum absolute atomic E-state index is 13.2. The van der Waals surface area contributed by atoms with Crippen molar-refractivity contribution in [2.24, 2.45) is 0 Å². The lowest BCUT2D eigenvalue weighted by Gasteiger charge is -2.29. The van der Waals surface area contributed by atoms with Gasteiger partial charge in [-0.25, -0.2) is 0 Å². The minimum atomic E-state index is -0.846. The number of thiocarbonyl (C=S) groups is 1. The number of hydrogen-bond acceptors (Lipinski definition) is 4. The molecule has 4 rings (SSSR count). The predicted molar refractivity (Wildman–Crippen MR) is 106 cm³/mol. The highest BCUT2D eigenvalue weighted by atomic mass is 32.1. The number of carbonyl (C=O) groups is 1. The Morgan fingerprint density at radius 1 is 1.00 bits per heavy atom. The molecule has 0 spiro atoms. The molecule has 6 heteroatoms. The molecule has 2 saturated heterocycles. The summed E-state index contributed by atoms with van der Waals surface area (Å²) in [5, 5.41) is 3.63. The lowest BCUT2D eigenvalue weighted by molar-refractivity contribution is -0.121. The first-order chi connectivity index (χ1) is 12.6. The molecule has 0 bridgehead atoms. The maximum Gasteiger partial charge on any atom is 0.263 e. The summed E-state index contributed by atoms with van der Waals surface area (Å²) >= 11 is 5.47. The van der Waals surface area contributed by atoms with Crippen LogP contribution in [0.5, 0.6) is 0 Å². The van der Waals surface area contributed by atoms with Crippen LogP contribution in [0.2, 0.25) is 0 Å². The number of amides is 1.